The molecule has 1 aliphatic heterocycles. The van der Waals surface area contributed by atoms with Crippen molar-refractivity contribution in [1.29, 1.82) is 0 Å². The summed E-state index contributed by atoms with van der Waals surface area (Å²) >= 11 is 0. The van der Waals surface area contributed by atoms with Crippen LogP contribution < -0.4 is 5.32 Å². The molecule has 2 aromatic carbocycles. The van der Waals surface area contributed by atoms with Gasteiger partial charge in [-0.25, -0.2) is 0 Å². The maximum Gasteiger partial charge on any atom is 0.243 e. The van der Waals surface area contributed by atoms with E-state index in [9.17, 15) is 9.59 Å². The van der Waals surface area contributed by atoms with Crippen LogP contribution in [-0.4, -0.2) is 29.8 Å². The predicted octanol–water partition coefficient (Wildman–Crippen LogP) is 2.64. The lowest BCUT2D eigenvalue weighted by molar-refractivity contribution is -0.131. The first-order valence-electron chi connectivity index (χ1n) is 7.40. The van der Waals surface area contributed by atoms with Crippen molar-refractivity contribution < 1.29 is 9.59 Å². The lowest BCUT2D eigenvalue weighted by Crippen LogP contribution is -2.34. The fourth-order valence-corrected chi connectivity index (χ4v) is 2.77. The van der Waals surface area contributed by atoms with Gasteiger partial charge in [0.2, 0.25) is 11.8 Å². The van der Waals surface area contributed by atoms with Crippen LogP contribution >= 0.6 is 0 Å². The first-order valence-corrected chi connectivity index (χ1v) is 7.40. The molecule has 0 aliphatic carbocycles. The van der Waals surface area contributed by atoms with Crippen LogP contribution in [0, 0.1) is 0 Å². The summed E-state index contributed by atoms with van der Waals surface area (Å²) in [6.45, 7) is 0.710. The van der Waals surface area contributed by atoms with Gasteiger partial charge in [0.25, 0.3) is 0 Å². The summed E-state index contributed by atoms with van der Waals surface area (Å²) in [5.41, 5.74) is 1.90. The number of carbonyl (C=O) groups excluding carboxylic acids is 2. The summed E-state index contributed by atoms with van der Waals surface area (Å²) < 4.78 is 0. The quantitative estimate of drug-likeness (QED) is 0.942. The average molecular weight is 294 g/mol. The van der Waals surface area contributed by atoms with E-state index in [0.717, 1.165) is 11.3 Å². The lowest BCUT2D eigenvalue weighted by Gasteiger charge is -2.16. The second-order valence-electron chi connectivity index (χ2n) is 5.50. The van der Waals surface area contributed by atoms with Gasteiger partial charge in [0, 0.05) is 24.6 Å². The first kappa shape index (κ1) is 14.3. The molecule has 2 aromatic rings. The molecular weight excluding hydrogens is 276 g/mol. The average Bonchev–Trinajstić information content (AvgIpc) is 2.90. The third kappa shape index (κ3) is 3.34. The van der Waals surface area contributed by atoms with Crippen LogP contribution in [-0.2, 0) is 9.59 Å². The van der Waals surface area contributed by atoms with Crippen LogP contribution in [0.3, 0.4) is 0 Å². The van der Waals surface area contributed by atoms with Crippen LogP contribution in [0.1, 0.15) is 17.9 Å². The highest BCUT2D eigenvalue weighted by molar-refractivity contribution is 5.95. The molecule has 0 unspecified atom stereocenters. The Kier molecular flexibility index (Phi) is 4.19. The van der Waals surface area contributed by atoms with Gasteiger partial charge in [-0.1, -0.05) is 48.5 Å². The first-order chi connectivity index (χ1) is 10.7. The van der Waals surface area contributed by atoms with E-state index in [4.69, 9.17) is 0 Å². The summed E-state index contributed by atoms with van der Waals surface area (Å²) in [5, 5.41) is 2.81. The third-order valence-electron chi connectivity index (χ3n) is 3.88. The van der Waals surface area contributed by atoms with E-state index < -0.39 is 0 Å². The zero-order valence-electron chi connectivity index (χ0n) is 12.2. The van der Waals surface area contributed by atoms with Crippen LogP contribution in [0.15, 0.2) is 60.7 Å². The summed E-state index contributed by atoms with van der Waals surface area (Å²) in [6, 6.07) is 19.3. The van der Waals surface area contributed by atoms with E-state index in [0.29, 0.717) is 13.0 Å². The van der Waals surface area contributed by atoms with Crippen molar-refractivity contribution in [2.45, 2.75) is 12.3 Å². The number of likely N-dealkylation sites (tertiary alicyclic amines) is 1. The maximum absolute atomic E-state index is 12.1. The Balaban J connectivity index is 1.59. The molecule has 0 saturated carbocycles. The monoisotopic (exact) mass is 294 g/mol. The van der Waals surface area contributed by atoms with Crippen molar-refractivity contribution in [2.24, 2.45) is 0 Å². The van der Waals surface area contributed by atoms with E-state index in [2.05, 4.69) is 5.32 Å². The molecule has 1 atom stereocenters. The van der Waals surface area contributed by atoms with Crippen molar-refractivity contribution in [3.05, 3.63) is 66.2 Å². The molecule has 0 radical (unpaired) electrons. The molecule has 1 heterocycles. The van der Waals surface area contributed by atoms with Crippen LogP contribution in [0.5, 0.6) is 0 Å². The van der Waals surface area contributed by atoms with E-state index in [1.54, 1.807) is 4.90 Å². The van der Waals surface area contributed by atoms with Crippen LogP contribution in [0.25, 0.3) is 0 Å². The smallest absolute Gasteiger partial charge is 0.243 e. The Hall–Kier alpha value is -2.62. The normalized spacial score (nSPS) is 17.5. The fraction of sp³-hybridized carbons (Fsp3) is 0.222. The van der Waals surface area contributed by atoms with Gasteiger partial charge < -0.3 is 10.2 Å². The van der Waals surface area contributed by atoms with Gasteiger partial charge in [-0.05, 0) is 17.7 Å². The number of amides is 2. The Bertz CT molecular complexity index is 655. The fourth-order valence-electron chi connectivity index (χ4n) is 2.77. The van der Waals surface area contributed by atoms with E-state index in [1.165, 1.54) is 0 Å². The summed E-state index contributed by atoms with van der Waals surface area (Å²) in [5.74, 6) is 0.0588. The maximum atomic E-state index is 12.1. The van der Waals surface area contributed by atoms with Gasteiger partial charge in [0.05, 0.1) is 6.54 Å². The van der Waals surface area contributed by atoms with Crippen molar-refractivity contribution in [2.75, 3.05) is 18.4 Å². The van der Waals surface area contributed by atoms with Crippen molar-refractivity contribution in [1.82, 2.24) is 4.90 Å². The number of nitrogens with one attached hydrogen (secondary N) is 1. The Labute approximate surface area is 129 Å². The van der Waals surface area contributed by atoms with E-state index in [1.807, 2.05) is 60.7 Å². The minimum atomic E-state index is -0.159. The number of rotatable bonds is 4. The Morgan fingerprint density at radius 2 is 1.68 bits per heavy atom. The zero-order valence-corrected chi connectivity index (χ0v) is 12.2. The van der Waals surface area contributed by atoms with Crippen molar-refractivity contribution in [3.8, 4) is 0 Å². The largest absolute Gasteiger partial charge is 0.333 e. The molecule has 1 fully saturated rings. The van der Waals surface area contributed by atoms with Crippen molar-refractivity contribution >= 4 is 17.5 Å². The van der Waals surface area contributed by atoms with E-state index >= 15 is 0 Å². The zero-order chi connectivity index (χ0) is 15.4. The standard InChI is InChI=1S/C18H18N2O2/c21-17(19-16-9-5-2-6-10-16)13-20-12-15(11-18(20)22)14-7-3-1-4-8-14/h1-10,15H,11-13H2,(H,19,21)/t15-/m1/s1. The van der Waals surface area contributed by atoms with Crippen molar-refractivity contribution in [3.63, 3.8) is 0 Å². The van der Waals surface area contributed by atoms with E-state index in [-0.39, 0.29) is 24.3 Å². The Morgan fingerprint density at radius 1 is 1.05 bits per heavy atom. The van der Waals surface area contributed by atoms with Gasteiger partial charge in [-0.2, -0.15) is 0 Å². The molecule has 1 saturated heterocycles. The summed E-state index contributed by atoms with van der Waals surface area (Å²) in [6.07, 6.45) is 0.475. The molecule has 112 valence electrons. The van der Waals surface area contributed by atoms with Gasteiger partial charge in [0.15, 0.2) is 0 Å². The molecule has 1 N–H and O–H groups in total. The molecular formula is C18H18N2O2. The second-order valence-corrected chi connectivity index (χ2v) is 5.50. The summed E-state index contributed by atoms with van der Waals surface area (Å²) in [4.78, 5) is 25.8. The molecule has 4 nitrogen and oxygen atoms in total. The molecule has 0 spiro atoms. The number of benzene rings is 2. The molecule has 4 heteroatoms. The van der Waals surface area contributed by atoms with Gasteiger partial charge in [-0.3, -0.25) is 9.59 Å². The SMILES string of the molecule is O=C(CN1C[C@H](c2ccccc2)CC1=O)Nc1ccccc1. The number of para-hydroxylation sites is 1. The third-order valence-corrected chi connectivity index (χ3v) is 3.88. The lowest BCUT2D eigenvalue weighted by atomic mass is 9.99. The molecule has 1 aliphatic rings. The van der Waals surface area contributed by atoms with Crippen LogP contribution in [0.2, 0.25) is 0 Å². The molecule has 2 amide bonds. The number of nitrogens with zero attached hydrogens (tertiary/aromatic N) is 1. The number of hydrogen-bond acceptors (Lipinski definition) is 2. The number of carbonyl (C=O) groups is 2. The minimum Gasteiger partial charge on any atom is -0.333 e. The highest BCUT2D eigenvalue weighted by Gasteiger charge is 2.31. The molecule has 3 rings (SSSR count). The topological polar surface area (TPSA) is 49.4 Å². The van der Waals surface area contributed by atoms with Crippen LogP contribution in [0.4, 0.5) is 5.69 Å². The molecule has 22 heavy (non-hydrogen) atoms. The predicted molar refractivity (Wildman–Crippen MR) is 85.5 cm³/mol. The Morgan fingerprint density at radius 3 is 2.36 bits per heavy atom. The molecule has 0 bridgehead atoms. The summed E-state index contributed by atoms with van der Waals surface area (Å²) in [7, 11) is 0. The highest BCUT2D eigenvalue weighted by atomic mass is 16.2. The number of anilines is 1. The van der Waals surface area contributed by atoms with Gasteiger partial charge in [-0.15, -0.1) is 0 Å². The second kappa shape index (κ2) is 6.43. The van der Waals surface area contributed by atoms with Gasteiger partial charge >= 0.3 is 0 Å². The minimum absolute atomic E-state index is 0.0389. The highest BCUT2D eigenvalue weighted by Crippen LogP contribution is 2.27. The van der Waals surface area contributed by atoms with Gasteiger partial charge in [0.1, 0.15) is 0 Å². The molecule has 0 aromatic heterocycles. The number of hydrogen-bond donors (Lipinski definition) is 1.